The Hall–Kier alpha value is -2.35. The molecule has 2 N–H and O–H groups in total. The summed E-state index contributed by atoms with van der Waals surface area (Å²) in [6.07, 6.45) is -0.899. The zero-order valence-corrected chi connectivity index (χ0v) is 13.6. The number of alkyl halides is 3. The highest BCUT2D eigenvalue weighted by Crippen LogP contribution is 2.41. The molecule has 0 saturated carbocycles. The second-order valence-electron chi connectivity index (χ2n) is 6.28. The Kier molecular flexibility index (Phi) is 4.32. The van der Waals surface area contributed by atoms with E-state index in [0.717, 1.165) is 35.6 Å². The first-order valence-electron chi connectivity index (χ1n) is 7.89. The maximum absolute atomic E-state index is 13.4. The maximum Gasteiger partial charge on any atom is 0.425 e. The molecule has 25 heavy (non-hydrogen) atoms. The number of anilines is 1. The molecule has 134 valence electrons. The third kappa shape index (κ3) is 3.26. The number of fused-ring (bicyclic) bond motifs is 1. The van der Waals surface area contributed by atoms with Crippen LogP contribution in [0.5, 0.6) is 0 Å². The van der Waals surface area contributed by atoms with Gasteiger partial charge in [0, 0.05) is 25.1 Å². The number of aliphatic hydroxyl groups is 1. The lowest BCUT2D eigenvalue weighted by Gasteiger charge is -2.29. The molecule has 0 saturated heterocycles. The van der Waals surface area contributed by atoms with Gasteiger partial charge in [-0.15, -0.1) is 0 Å². The zero-order chi connectivity index (χ0) is 18.2. The third-order valence-electron chi connectivity index (χ3n) is 4.46. The molecule has 1 heterocycles. The lowest BCUT2D eigenvalue weighted by molar-refractivity contribution is -0.270. The lowest BCUT2D eigenvalue weighted by atomic mass is 9.97. The van der Waals surface area contributed by atoms with Gasteiger partial charge >= 0.3 is 6.18 Å². The topological polar surface area (TPSA) is 67.1 Å². The molecular formula is C17H18F3N3O2. The van der Waals surface area contributed by atoms with Crippen LogP contribution in [0.2, 0.25) is 0 Å². The monoisotopic (exact) mass is 353 g/mol. The number of carbonyl (C=O) groups is 1. The van der Waals surface area contributed by atoms with Crippen LogP contribution in [-0.2, 0) is 30.3 Å². The number of rotatable bonds is 4. The van der Waals surface area contributed by atoms with Gasteiger partial charge in [0.1, 0.15) is 0 Å². The normalized spacial score (nSPS) is 16.4. The molecule has 1 aliphatic carbocycles. The van der Waals surface area contributed by atoms with E-state index in [1.807, 2.05) is 6.07 Å². The highest BCUT2D eigenvalue weighted by Gasteiger charge is 2.58. The van der Waals surface area contributed by atoms with Crippen LogP contribution in [0.15, 0.2) is 30.6 Å². The fourth-order valence-corrected chi connectivity index (χ4v) is 3.16. The standard InChI is InChI=1S/C17H18F3N3O2/c1-23-8-7-21-15(23)16(25,17(18,19)20)10-14(24)22-13-6-5-11-3-2-4-12(11)9-13/h5-9,25H,2-4,10H2,1H3,(H,22,24). The predicted molar refractivity (Wildman–Crippen MR) is 84.9 cm³/mol. The number of hydrogen-bond acceptors (Lipinski definition) is 3. The molecule has 1 aromatic heterocycles. The van der Waals surface area contributed by atoms with Gasteiger partial charge in [-0.05, 0) is 42.5 Å². The number of nitrogens with one attached hydrogen (secondary N) is 1. The van der Waals surface area contributed by atoms with E-state index in [2.05, 4.69) is 10.3 Å². The number of aryl methyl sites for hydroxylation is 3. The molecule has 1 aliphatic rings. The van der Waals surface area contributed by atoms with Crippen LogP contribution >= 0.6 is 0 Å². The van der Waals surface area contributed by atoms with Crippen molar-refractivity contribution >= 4 is 11.6 Å². The highest BCUT2D eigenvalue weighted by atomic mass is 19.4. The minimum Gasteiger partial charge on any atom is -0.374 e. The van der Waals surface area contributed by atoms with Gasteiger partial charge in [0.25, 0.3) is 0 Å². The van der Waals surface area contributed by atoms with Crippen LogP contribution in [0.4, 0.5) is 18.9 Å². The Balaban J connectivity index is 1.81. The van der Waals surface area contributed by atoms with Crippen molar-refractivity contribution in [2.45, 2.75) is 37.5 Å². The van der Waals surface area contributed by atoms with Gasteiger partial charge in [-0.3, -0.25) is 4.79 Å². The van der Waals surface area contributed by atoms with E-state index in [-0.39, 0.29) is 0 Å². The predicted octanol–water partition coefficient (Wildman–Crippen LogP) is 2.69. The second-order valence-corrected chi connectivity index (χ2v) is 6.28. The van der Waals surface area contributed by atoms with Crippen molar-refractivity contribution < 1.29 is 23.1 Å². The van der Waals surface area contributed by atoms with Crippen molar-refractivity contribution in [3.8, 4) is 0 Å². The molecule has 2 aromatic rings. The smallest absolute Gasteiger partial charge is 0.374 e. The van der Waals surface area contributed by atoms with Gasteiger partial charge < -0.3 is 15.0 Å². The van der Waals surface area contributed by atoms with Gasteiger partial charge in [0.05, 0.1) is 6.42 Å². The van der Waals surface area contributed by atoms with E-state index in [4.69, 9.17) is 0 Å². The van der Waals surface area contributed by atoms with Crippen LogP contribution in [0, 0.1) is 0 Å². The van der Waals surface area contributed by atoms with Crippen LogP contribution in [-0.4, -0.2) is 26.7 Å². The minimum atomic E-state index is -5.04. The van der Waals surface area contributed by atoms with Crippen LogP contribution < -0.4 is 5.32 Å². The second kappa shape index (κ2) is 6.18. The summed E-state index contributed by atoms with van der Waals surface area (Å²) in [6, 6.07) is 5.30. The van der Waals surface area contributed by atoms with Crippen LogP contribution in [0.3, 0.4) is 0 Å². The molecule has 0 bridgehead atoms. The average Bonchev–Trinajstić information content (AvgIpc) is 3.13. The van der Waals surface area contributed by atoms with E-state index < -0.39 is 29.9 Å². The molecule has 0 fully saturated rings. The summed E-state index contributed by atoms with van der Waals surface area (Å²) in [4.78, 5) is 15.7. The summed E-state index contributed by atoms with van der Waals surface area (Å²) in [5.74, 6) is -1.55. The average molecular weight is 353 g/mol. The number of halogens is 3. The molecule has 5 nitrogen and oxygen atoms in total. The molecule has 8 heteroatoms. The van der Waals surface area contributed by atoms with Crippen molar-refractivity contribution in [2.75, 3.05) is 5.32 Å². The lowest BCUT2D eigenvalue weighted by Crippen LogP contribution is -2.46. The van der Waals surface area contributed by atoms with E-state index in [0.29, 0.717) is 5.69 Å². The zero-order valence-electron chi connectivity index (χ0n) is 13.6. The van der Waals surface area contributed by atoms with Crippen molar-refractivity contribution in [2.24, 2.45) is 7.05 Å². The van der Waals surface area contributed by atoms with Gasteiger partial charge in [0.2, 0.25) is 11.5 Å². The van der Waals surface area contributed by atoms with E-state index in [1.165, 1.54) is 18.8 Å². The summed E-state index contributed by atoms with van der Waals surface area (Å²) in [5.41, 5.74) is -0.646. The Labute approximate surface area is 142 Å². The van der Waals surface area contributed by atoms with Gasteiger partial charge in [-0.2, -0.15) is 13.2 Å². The fraction of sp³-hybridized carbons (Fsp3) is 0.412. The van der Waals surface area contributed by atoms with Gasteiger partial charge in [0.15, 0.2) is 5.82 Å². The molecule has 3 rings (SSSR count). The Morgan fingerprint density at radius 3 is 2.68 bits per heavy atom. The van der Waals surface area contributed by atoms with Gasteiger partial charge in [-0.1, -0.05) is 6.07 Å². The van der Waals surface area contributed by atoms with Crippen molar-refractivity contribution in [3.63, 3.8) is 0 Å². The van der Waals surface area contributed by atoms with Crippen LogP contribution in [0.1, 0.15) is 29.8 Å². The summed E-state index contributed by atoms with van der Waals surface area (Å²) < 4.78 is 41.4. The number of hydrogen-bond donors (Lipinski definition) is 2. The molecule has 1 unspecified atom stereocenters. The number of amides is 1. The summed E-state index contributed by atoms with van der Waals surface area (Å²) in [6.45, 7) is 0. The van der Waals surface area contributed by atoms with E-state index >= 15 is 0 Å². The SMILES string of the molecule is Cn1ccnc1C(O)(CC(=O)Nc1ccc2c(c1)CCC2)C(F)(F)F. The molecule has 1 atom stereocenters. The maximum atomic E-state index is 13.4. The first-order chi connectivity index (χ1) is 11.7. The van der Waals surface area contributed by atoms with E-state index in [9.17, 15) is 23.1 Å². The quantitative estimate of drug-likeness (QED) is 0.888. The summed E-state index contributed by atoms with van der Waals surface area (Å²) in [7, 11) is 1.33. The molecule has 0 spiro atoms. The number of carbonyl (C=O) groups excluding carboxylic acids is 1. The summed E-state index contributed by atoms with van der Waals surface area (Å²) in [5, 5.41) is 12.7. The number of nitrogens with zero attached hydrogens (tertiary/aromatic N) is 2. The van der Waals surface area contributed by atoms with Gasteiger partial charge in [-0.25, -0.2) is 4.98 Å². The largest absolute Gasteiger partial charge is 0.425 e. The first-order valence-corrected chi connectivity index (χ1v) is 7.89. The van der Waals surface area contributed by atoms with Crippen molar-refractivity contribution in [3.05, 3.63) is 47.5 Å². The van der Waals surface area contributed by atoms with Crippen LogP contribution in [0.25, 0.3) is 0 Å². The Morgan fingerprint density at radius 1 is 1.32 bits per heavy atom. The minimum absolute atomic E-state index is 0.426. The van der Waals surface area contributed by atoms with Crippen molar-refractivity contribution in [1.29, 1.82) is 0 Å². The fourth-order valence-electron chi connectivity index (χ4n) is 3.16. The molecule has 0 radical (unpaired) electrons. The molecule has 1 aromatic carbocycles. The number of imidazole rings is 1. The Bertz CT molecular complexity index is 801. The third-order valence-corrected chi connectivity index (χ3v) is 4.46. The molecule has 0 aliphatic heterocycles. The molecular weight excluding hydrogens is 335 g/mol. The van der Waals surface area contributed by atoms with Crippen molar-refractivity contribution in [1.82, 2.24) is 9.55 Å². The first kappa shape index (κ1) is 17.5. The summed E-state index contributed by atoms with van der Waals surface area (Å²) >= 11 is 0. The van der Waals surface area contributed by atoms with E-state index in [1.54, 1.807) is 12.1 Å². The molecule has 1 amide bonds. The highest BCUT2D eigenvalue weighted by molar-refractivity contribution is 5.91. The number of benzene rings is 1. The Morgan fingerprint density at radius 2 is 2.04 bits per heavy atom. The number of aromatic nitrogens is 2.